The molecule has 0 unspecified atom stereocenters. The van der Waals surface area contributed by atoms with Gasteiger partial charge in [-0.3, -0.25) is 4.79 Å². The number of hydrogen-bond donors (Lipinski definition) is 2. The van der Waals surface area contributed by atoms with Crippen molar-refractivity contribution >= 4 is 17.7 Å². The van der Waals surface area contributed by atoms with Gasteiger partial charge < -0.3 is 15.5 Å². The molecule has 0 atom stereocenters. The van der Waals surface area contributed by atoms with Gasteiger partial charge in [-0.15, -0.1) is 0 Å². The smallest absolute Gasteiger partial charge is 0.362 e. The van der Waals surface area contributed by atoms with Crippen LogP contribution in [0.3, 0.4) is 0 Å². The van der Waals surface area contributed by atoms with E-state index >= 15 is 0 Å². The maximum absolute atomic E-state index is 12.6. The van der Waals surface area contributed by atoms with Crippen molar-refractivity contribution in [2.75, 3.05) is 30.9 Å². The van der Waals surface area contributed by atoms with E-state index < -0.39 is 11.7 Å². The number of aromatic nitrogens is 2. The third-order valence-corrected chi connectivity index (χ3v) is 5.57. The topological polar surface area (TPSA) is 70.1 Å². The van der Waals surface area contributed by atoms with Crippen LogP contribution in [0.2, 0.25) is 0 Å². The standard InChI is InChI=1S/C22H28F3N5O/c1-14-12-27-21(29-19(14)30(2)3)28-18-10-4-15(5-11-18)13-26-20(31)16-6-8-17(9-7-16)22(23,24)25/h6-9,12,15,18H,4-5,10-11,13H2,1-3H3,(H,26,31)(H,27,28,29)/t15-,18+. The second-order valence-electron chi connectivity index (χ2n) is 8.24. The minimum atomic E-state index is -4.40. The lowest BCUT2D eigenvalue weighted by Crippen LogP contribution is -2.34. The lowest BCUT2D eigenvalue weighted by molar-refractivity contribution is -0.137. The number of amides is 1. The fraction of sp³-hybridized carbons (Fsp3) is 0.500. The van der Waals surface area contributed by atoms with Gasteiger partial charge in [0.2, 0.25) is 5.95 Å². The number of carbonyl (C=O) groups excluding carboxylic acids is 1. The Labute approximate surface area is 180 Å². The monoisotopic (exact) mass is 435 g/mol. The number of aryl methyl sites for hydroxylation is 1. The molecule has 0 saturated heterocycles. The van der Waals surface area contributed by atoms with Gasteiger partial charge in [0.05, 0.1) is 5.56 Å². The van der Waals surface area contributed by atoms with Gasteiger partial charge in [0.15, 0.2) is 0 Å². The maximum atomic E-state index is 12.6. The van der Waals surface area contributed by atoms with E-state index in [-0.39, 0.29) is 17.5 Å². The highest BCUT2D eigenvalue weighted by Gasteiger charge is 2.30. The van der Waals surface area contributed by atoms with E-state index in [1.165, 1.54) is 12.1 Å². The van der Waals surface area contributed by atoms with E-state index in [0.717, 1.165) is 49.2 Å². The molecule has 6 nitrogen and oxygen atoms in total. The number of benzene rings is 1. The van der Waals surface area contributed by atoms with Gasteiger partial charge in [0.1, 0.15) is 5.82 Å². The molecule has 2 aromatic rings. The number of rotatable bonds is 6. The number of nitrogens with one attached hydrogen (secondary N) is 2. The lowest BCUT2D eigenvalue weighted by Gasteiger charge is -2.29. The van der Waals surface area contributed by atoms with Gasteiger partial charge in [-0.2, -0.15) is 18.2 Å². The molecule has 1 aliphatic rings. The van der Waals surface area contributed by atoms with Crippen molar-refractivity contribution in [1.29, 1.82) is 0 Å². The summed E-state index contributed by atoms with van der Waals surface area (Å²) in [6.45, 7) is 2.49. The largest absolute Gasteiger partial charge is 0.416 e. The summed E-state index contributed by atoms with van der Waals surface area (Å²) in [6.07, 6.45) is 1.17. The van der Waals surface area contributed by atoms with Crippen molar-refractivity contribution < 1.29 is 18.0 Å². The number of hydrogen-bond acceptors (Lipinski definition) is 5. The van der Waals surface area contributed by atoms with Crippen LogP contribution < -0.4 is 15.5 Å². The van der Waals surface area contributed by atoms with Crippen molar-refractivity contribution in [3.05, 3.63) is 47.2 Å². The molecule has 1 aliphatic carbocycles. The van der Waals surface area contributed by atoms with Crippen molar-refractivity contribution in [1.82, 2.24) is 15.3 Å². The minimum Gasteiger partial charge on any atom is -0.362 e. The second kappa shape index (κ2) is 9.53. The molecular weight excluding hydrogens is 407 g/mol. The van der Waals surface area contributed by atoms with E-state index in [1.807, 2.05) is 32.1 Å². The average molecular weight is 435 g/mol. The highest BCUT2D eigenvalue weighted by molar-refractivity contribution is 5.94. The summed E-state index contributed by atoms with van der Waals surface area (Å²) >= 11 is 0. The molecule has 3 rings (SSSR count). The summed E-state index contributed by atoms with van der Waals surface area (Å²) in [5, 5.41) is 6.25. The molecule has 1 heterocycles. The molecule has 1 fully saturated rings. The Morgan fingerprint density at radius 2 is 1.77 bits per heavy atom. The summed E-state index contributed by atoms with van der Waals surface area (Å²) in [7, 11) is 3.90. The molecule has 1 aromatic carbocycles. The van der Waals surface area contributed by atoms with Crippen LogP contribution in [0.15, 0.2) is 30.5 Å². The first-order valence-corrected chi connectivity index (χ1v) is 10.4. The molecule has 1 amide bonds. The minimum absolute atomic E-state index is 0.233. The predicted octanol–water partition coefficient (Wildman–Crippen LogP) is 4.27. The number of nitrogens with zero attached hydrogens (tertiary/aromatic N) is 3. The van der Waals surface area contributed by atoms with Gasteiger partial charge >= 0.3 is 6.18 Å². The van der Waals surface area contributed by atoms with Gasteiger partial charge in [-0.25, -0.2) is 4.98 Å². The molecule has 1 saturated carbocycles. The van der Waals surface area contributed by atoms with Crippen LogP contribution >= 0.6 is 0 Å². The SMILES string of the molecule is Cc1cnc(N[C@H]2CC[C@@H](CNC(=O)c3ccc(C(F)(F)F)cc3)CC2)nc1N(C)C. The Morgan fingerprint density at radius 1 is 1.13 bits per heavy atom. The van der Waals surface area contributed by atoms with E-state index in [1.54, 1.807) is 0 Å². The first kappa shape index (κ1) is 22.8. The number of anilines is 2. The summed E-state index contributed by atoms with van der Waals surface area (Å²) in [5.41, 5.74) is 0.491. The molecule has 1 aromatic heterocycles. The number of alkyl halides is 3. The molecule has 0 aliphatic heterocycles. The van der Waals surface area contributed by atoms with Gasteiger partial charge in [-0.05, 0) is 62.8 Å². The zero-order valence-corrected chi connectivity index (χ0v) is 18.0. The van der Waals surface area contributed by atoms with Gasteiger partial charge in [-0.1, -0.05) is 0 Å². The highest BCUT2D eigenvalue weighted by atomic mass is 19.4. The first-order chi connectivity index (χ1) is 14.6. The quantitative estimate of drug-likeness (QED) is 0.709. The van der Waals surface area contributed by atoms with E-state index in [9.17, 15) is 18.0 Å². The fourth-order valence-corrected chi connectivity index (χ4v) is 3.80. The molecule has 9 heteroatoms. The highest BCUT2D eigenvalue weighted by Crippen LogP contribution is 2.29. The van der Waals surface area contributed by atoms with Gasteiger partial charge in [0, 0.05) is 44.0 Å². The van der Waals surface area contributed by atoms with Crippen LogP contribution in [0.25, 0.3) is 0 Å². The van der Waals surface area contributed by atoms with E-state index in [4.69, 9.17) is 0 Å². The first-order valence-electron chi connectivity index (χ1n) is 10.4. The maximum Gasteiger partial charge on any atom is 0.416 e. The Balaban J connectivity index is 1.45. The van der Waals surface area contributed by atoms with Crippen molar-refractivity contribution in [3.63, 3.8) is 0 Å². The Hall–Kier alpha value is -2.84. The van der Waals surface area contributed by atoms with Crippen LogP contribution in [-0.2, 0) is 6.18 Å². The summed E-state index contributed by atoms with van der Waals surface area (Å²) < 4.78 is 37.9. The van der Waals surface area contributed by atoms with Crippen LogP contribution in [-0.4, -0.2) is 42.6 Å². The molecular formula is C22H28F3N5O. The second-order valence-corrected chi connectivity index (χ2v) is 8.24. The lowest BCUT2D eigenvalue weighted by atomic mass is 9.86. The van der Waals surface area contributed by atoms with E-state index in [2.05, 4.69) is 20.6 Å². The van der Waals surface area contributed by atoms with Crippen molar-refractivity contribution in [2.24, 2.45) is 5.92 Å². The van der Waals surface area contributed by atoms with Gasteiger partial charge in [0.25, 0.3) is 5.91 Å². The predicted molar refractivity (Wildman–Crippen MR) is 114 cm³/mol. The zero-order valence-electron chi connectivity index (χ0n) is 18.0. The summed E-state index contributed by atoms with van der Waals surface area (Å²) in [4.78, 5) is 23.1. The van der Waals surface area contributed by atoms with Crippen LogP contribution in [0.5, 0.6) is 0 Å². The zero-order chi connectivity index (χ0) is 22.6. The third-order valence-electron chi connectivity index (χ3n) is 5.57. The fourth-order valence-electron chi connectivity index (χ4n) is 3.80. The van der Waals surface area contributed by atoms with Crippen LogP contribution in [0.4, 0.5) is 24.9 Å². The van der Waals surface area contributed by atoms with Crippen molar-refractivity contribution in [2.45, 2.75) is 44.8 Å². The molecule has 0 spiro atoms. The molecule has 2 N–H and O–H groups in total. The van der Waals surface area contributed by atoms with Crippen LogP contribution in [0.1, 0.15) is 47.2 Å². The Kier molecular flexibility index (Phi) is 7.02. The molecule has 0 radical (unpaired) electrons. The Morgan fingerprint density at radius 3 is 2.35 bits per heavy atom. The summed E-state index contributed by atoms with van der Waals surface area (Å²) in [6, 6.07) is 4.56. The summed E-state index contributed by atoms with van der Waals surface area (Å²) in [5.74, 6) is 1.50. The third kappa shape index (κ3) is 6.08. The van der Waals surface area contributed by atoms with E-state index in [0.29, 0.717) is 18.4 Å². The van der Waals surface area contributed by atoms with Crippen molar-refractivity contribution in [3.8, 4) is 0 Å². The van der Waals surface area contributed by atoms with Crippen LogP contribution in [0, 0.1) is 12.8 Å². The normalized spacial score (nSPS) is 19.0. The average Bonchev–Trinajstić information content (AvgIpc) is 2.73. The number of halogens is 3. The molecule has 0 bridgehead atoms. The number of carbonyl (C=O) groups is 1. The molecule has 168 valence electrons. The molecule has 31 heavy (non-hydrogen) atoms. The Bertz CT molecular complexity index is 891.